The topological polar surface area (TPSA) is 43.3 Å². The van der Waals surface area contributed by atoms with Crippen molar-refractivity contribution in [1.82, 2.24) is 0 Å². The van der Waals surface area contributed by atoms with Crippen LogP contribution in [-0.4, -0.2) is 5.11 Å². The molecule has 0 heterocycles. The standard InChI is InChI=1S/C6H4F2O2.Rb/c7-5-3(9)1-2-4(10)6(5)8;/h1-2,9-10H;/q;+1/p-1. The molecule has 0 bridgehead atoms. The van der Waals surface area contributed by atoms with E-state index in [4.69, 9.17) is 5.11 Å². The van der Waals surface area contributed by atoms with E-state index < -0.39 is 23.1 Å². The molecule has 11 heavy (non-hydrogen) atoms. The summed E-state index contributed by atoms with van der Waals surface area (Å²) in [6.07, 6.45) is 0. The summed E-state index contributed by atoms with van der Waals surface area (Å²) in [6, 6.07) is 1.56. The molecule has 0 atom stereocenters. The molecule has 0 unspecified atom stereocenters. The summed E-state index contributed by atoms with van der Waals surface area (Å²) < 4.78 is 24.3. The molecule has 0 amide bonds. The van der Waals surface area contributed by atoms with Crippen molar-refractivity contribution in [1.29, 1.82) is 0 Å². The molecule has 1 aromatic rings. The zero-order valence-corrected chi connectivity index (χ0v) is 10.7. The quantitative estimate of drug-likeness (QED) is 0.547. The second kappa shape index (κ2) is 4.50. The molecular weight excluding hydrogens is 228 g/mol. The Kier molecular flexibility index (Phi) is 4.69. The Hall–Kier alpha value is 0.485. The smallest absolute Gasteiger partial charge is 0.870 e. The second-order valence-electron chi connectivity index (χ2n) is 1.71. The molecule has 5 heteroatoms. The Labute approximate surface area is 111 Å². The predicted octanol–water partition coefficient (Wildman–Crippen LogP) is -2.25. The Balaban J connectivity index is 0.000001000. The van der Waals surface area contributed by atoms with Crippen LogP contribution < -0.4 is 63.3 Å². The maximum atomic E-state index is 12.2. The minimum absolute atomic E-state index is 0. The van der Waals surface area contributed by atoms with Gasteiger partial charge in [-0.3, -0.25) is 0 Å². The molecule has 1 rings (SSSR count). The van der Waals surface area contributed by atoms with Gasteiger partial charge in [0.05, 0.1) is 0 Å². The van der Waals surface area contributed by atoms with Crippen molar-refractivity contribution in [3.63, 3.8) is 0 Å². The van der Waals surface area contributed by atoms with Crippen molar-refractivity contribution in [2.45, 2.75) is 0 Å². The summed E-state index contributed by atoms with van der Waals surface area (Å²) in [5.74, 6) is -4.94. The van der Waals surface area contributed by atoms with Gasteiger partial charge in [0.1, 0.15) is 0 Å². The zero-order valence-electron chi connectivity index (χ0n) is 5.77. The summed E-state index contributed by atoms with van der Waals surface area (Å²) in [6.45, 7) is 0. The van der Waals surface area contributed by atoms with Crippen LogP contribution in [0.25, 0.3) is 0 Å². The number of benzene rings is 1. The van der Waals surface area contributed by atoms with Gasteiger partial charge in [0, 0.05) is 0 Å². The van der Waals surface area contributed by atoms with E-state index in [1.807, 2.05) is 0 Å². The van der Waals surface area contributed by atoms with Crippen molar-refractivity contribution < 1.29 is 77.2 Å². The fraction of sp³-hybridized carbons (Fsp3) is 0. The van der Waals surface area contributed by atoms with E-state index >= 15 is 0 Å². The molecule has 2 nitrogen and oxygen atoms in total. The molecule has 0 aliphatic rings. The number of aromatic hydroxyl groups is 1. The van der Waals surface area contributed by atoms with Gasteiger partial charge in [0.2, 0.25) is 0 Å². The van der Waals surface area contributed by atoms with E-state index in [1.54, 1.807) is 0 Å². The van der Waals surface area contributed by atoms with Crippen LogP contribution in [0.2, 0.25) is 0 Å². The zero-order chi connectivity index (χ0) is 7.72. The van der Waals surface area contributed by atoms with Crippen LogP contribution in [0.15, 0.2) is 12.1 Å². The third kappa shape index (κ3) is 2.47. The summed E-state index contributed by atoms with van der Waals surface area (Å²) in [5, 5.41) is 18.7. The molecule has 1 aromatic carbocycles. The van der Waals surface area contributed by atoms with Crippen LogP contribution in [0.4, 0.5) is 8.78 Å². The minimum atomic E-state index is -1.54. The number of rotatable bonds is 0. The van der Waals surface area contributed by atoms with Gasteiger partial charge in [-0.05, 0) is 6.07 Å². The van der Waals surface area contributed by atoms with Crippen LogP contribution in [0.1, 0.15) is 0 Å². The molecule has 0 saturated heterocycles. The average Bonchev–Trinajstić information content (AvgIpc) is 1.93. The van der Waals surface area contributed by atoms with Crippen LogP contribution in [0, 0.1) is 11.6 Å². The fourth-order valence-electron chi connectivity index (χ4n) is 0.522. The number of hydrogen-bond donors (Lipinski definition) is 1. The van der Waals surface area contributed by atoms with E-state index in [0.29, 0.717) is 0 Å². The summed E-state index contributed by atoms with van der Waals surface area (Å²) in [4.78, 5) is 0. The van der Waals surface area contributed by atoms with Gasteiger partial charge in [-0.1, -0.05) is 11.8 Å². The van der Waals surface area contributed by atoms with Crippen molar-refractivity contribution in [2.24, 2.45) is 0 Å². The summed E-state index contributed by atoms with van der Waals surface area (Å²) >= 11 is 0. The van der Waals surface area contributed by atoms with E-state index in [0.717, 1.165) is 12.1 Å². The van der Waals surface area contributed by atoms with Gasteiger partial charge in [-0.25, -0.2) is 4.39 Å². The molecule has 0 fully saturated rings. The SMILES string of the molecule is [O-]c1ccc(O)c(F)c1F.[Rb+]. The first-order valence-corrected chi connectivity index (χ1v) is 2.47. The Morgan fingerprint density at radius 2 is 1.73 bits per heavy atom. The normalized spacial score (nSPS) is 8.91. The monoisotopic (exact) mass is 230 g/mol. The molecule has 0 aliphatic carbocycles. The first kappa shape index (κ1) is 11.5. The van der Waals surface area contributed by atoms with E-state index in [-0.39, 0.29) is 58.2 Å². The van der Waals surface area contributed by atoms with Gasteiger partial charge in [-0.15, -0.1) is 0 Å². The predicted molar refractivity (Wildman–Crippen MR) is 27.5 cm³/mol. The third-order valence-electron chi connectivity index (χ3n) is 1.03. The van der Waals surface area contributed by atoms with Crippen LogP contribution in [0.3, 0.4) is 0 Å². The fourth-order valence-corrected chi connectivity index (χ4v) is 0.522. The molecule has 0 radical (unpaired) electrons. The van der Waals surface area contributed by atoms with Crippen molar-refractivity contribution in [3.05, 3.63) is 23.8 Å². The maximum absolute atomic E-state index is 12.2. The van der Waals surface area contributed by atoms with Gasteiger partial charge in [-0.2, -0.15) is 4.39 Å². The van der Waals surface area contributed by atoms with Crippen molar-refractivity contribution in [3.8, 4) is 11.5 Å². The van der Waals surface area contributed by atoms with Crippen LogP contribution >= 0.6 is 0 Å². The first-order valence-electron chi connectivity index (χ1n) is 2.47. The molecule has 1 N–H and O–H groups in total. The van der Waals surface area contributed by atoms with Gasteiger partial charge < -0.3 is 10.2 Å². The average molecular weight is 231 g/mol. The van der Waals surface area contributed by atoms with Crippen molar-refractivity contribution >= 4 is 0 Å². The maximum Gasteiger partial charge on any atom is 1.00 e. The number of hydrogen-bond acceptors (Lipinski definition) is 2. The van der Waals surface area contributed by atoms with Gasteiger partial charge >= 0.3 is 58.2 Å². The Bertz CT molecular complexity index is 238. The number of phenolic OH excluding ortho intramolecular Hbond substituents is 1. The van der Waals surface area contributed by atoms with Gasteiger partial charge in [0.25, 0.3) is 0 Å². The molecular formula is C6H3F2O2Rb. The van der Waals surface area contributed by atoms with E-state index in [9.17, 15) is 13.9 Å². The van der Waals surface area contributed by atoms with E-state index in [2.05, 4.69) is 0 Å². The molecule has 0 saturated carbocycles. The van der Waals surface area contributed by atoms with Gasteiger partial charge in [0.15, 0.2) is 17.4 Å². The number of phenols is 1. The van der Waals surface area contributed by atoms with Crippen LogP contribution in [0.5, 0.6) is 11.5 Å². The van der Waals surface area contributed by atoms with Crippen molar-refractivity contribution in [2.75, 3.05) is 0 Å². The van der Waals surface area contributed by atoms with E-state index in [1.165, 1.54) is 0 Å². The molecule has 0 aliphatic heterocycles. The second-order valence-corrected chi connectivity index (χ2v) is 1.71. The Morgan fingerprint density at radius 3 is 2.18 bits per heavy atom. The first-order chi connectivity index (χ1) is 4.63. The summed E-state index contributed by atoms with van der Waals surface area (Å²) in [5.41, 5.74) is 0. The Morgan fingerprint density at radius 1 is 1.18 bits per heavy atom. The van der Waals surface area contributed by atoms with Crippen LogP contribution in [-0.2, 0) is 0 Å². The third-order valence-corrected chi connectivity index (χ3v) is 1.03. The minimum Gasteiger partial charge on any atom is -0.870 e. The molecule has 0 spiro atoms. The number of halogens is 2. The summed E-state index contributed by atoms with van der Waals surface area (Å²) in [7, 11) is 0. The largest absolute Gasteiger partial charge is 1.00 e. The molecule has 54 valence electrons. The molecule has 0 aromatic heterocycles.